The third-order valence-electron chi connectivity index (χ3n) is 5.75. The van der Waals surface area contributed by atoms with Gasteiger partial charge in [0.15, 0.2) is 0 Å². The van der Waals surface area contributed by atoms with Crippen LogP contribution >= 0.6 is 0 Å². The van der Waals surface area contributed by atoms with Gasteiger partial charge in [0, 0.05) is 0 Å². The van der Waals surface area contributed by atoms with E-state index in [0.717, 1.165) is 24.0 Å². The lowest BCUT2D eigenvalue weighted by molar-refractivity contribution is 0.0497. The molecule has 0 bridgehead atoms. The number of unbranched alkanes of at least 4 members (excludes halogenated alkanes) is 9. The fourth-order valence-corrected chi connectivity index (χ4v) is 3.55. The molecule has 4 heteroatoms. The predicted molar refractivity (Wildman–Crippen MR) is 129 cm³/mol. The topological polar surface area (TPSA) is 52.6 Å². The summed E-state index contributed by atoms with van der Waals surface area (Å²) in [5.74, 6) is -0.397. The molecule has 0 aliphatic heterocycles. The van der Waals surface area contributed by atoms with Gasteiger partial charge in [-0.3, -0.25) is 0 Å². The molecular weight excluding hydrogens is 400 g/mol. The van der Waals surface area contributed by atoms with Gasteiger partial charge in [0.1, 0.15) is 5.75 Å². The van der Waals surface area contributed by atoms with Crippen LogP contribution in [0.1, 0.15) is 103 Å². The molecule has 0 heterocycles. The van der Waals surface area contributed by atoms with Gasteiger partial charge in [-0.05, 0) is 61.7 Å². The molecule has 2 aromatic rings. The molecule has 4 nitrogen and oxygen atoms in total. The summed E-state index contributed by atoms with van der Waals surface area (Å²) in [5.41, 5.74) is 2.89. The van der Waals surface area contributed by atoms with Crippen molar-refractivity contribution in [1.29, 1.82) is 0 Å². The number of carbonyl (C=O) groups is 2. The van der Waals surface area contributed by atoms with Crippen molar-refractivity contribution in [1.82, 2.24) is 0 Å². The molecule has 0 saturated carbocycles. The Morgan fingerprint density at radius 1 is 0.688 bits per heavy atom. The zero-order chi connectivity index (χ0) is 23.2. The summed E-state index contributed by atoms with van der Waals surface area (Å²) in [7, 11) is 0. The van der Waals surface area contributed by atoms with Crippen LogP contribution in [-0.4, -0.2) is 18.5 Å². The fourth-order valence-electron chi connectivity index (χ4n) is 3.55. The second-order valence-electron chi connectivity index (χ2n) is 8.53. The number of hydrogen-bond donors (Lipinski definition) is 0. The Morgan fingerprint density at radius 2 is 1.28 bits per heavy atom. The number of carbonyl (C=O) groups excluding carboxylic acids is 2. The number of aryl methyl sites for hydroxylation is 2. The van der Waals surface area contributed by atoms with Crippen LogP contribution in [0, 0.1) is 13.8 Å². The highest BCUT2D eigenvalue weighted by Crippen LogP contribution is 2.18. The van der Waals surface area contributed by atoms with Gasteiger partial charge in [-0.25, -0.2) is 9.59 Å². The second kappa shape index (κ2) is 14.4. The number of rotatable bonds is 14. The maximum absolute atomic E-state index is 12.5. The molecular formula is C28H38O4. The van der Waals surface area contributed by atoms with E-state index in [1.165, 1.54) is 57.4 Å². The first-order valence-electron chi connectivity index (χ1n) is 12.1. The maximum Gasteiger partial charge on any atom is 0.343 e. The van der Waals surface area contributed by atoms with Crippen LogP contribution in [0.15, 0.2) is 42.5 Å². The third kappa shape index (κ3) is 9.25. The van der Waals surface area contributed by atoms with Crippen molar-refractivity contribution in [2.45, 2.75) is 85.0 Å². The fraction of sp³-hybridized carbons (Fsp3) is 0.500. The van der Waals surface area contributed by atoms with E-state index < -0.39 is 11.9 Å². The first kappa shape index (κ1) is 25.6. The molecule has 2 aromatic carbocycles. The lowest BCUT2D eigenvalue weighted by Crippen LogP contribution is -2.11. The minimum absolute atomic E-state index is 0.330. The Morgan fingerprint density at radius 3 is 1.91 bits per heavy atom. The predicted octanol–water partition coefficient (Wildman–Crippen LogP) is 7.60. The third-order valence-corrected chi connectivity index (χ3v) is 5.75. The van der Waals surface area contributed by atoms with Crippen molar-refractivity contribution in [2.24, 2.45) is 0 Å². The molecule has 0 aliphatic carbocycles. The molecule has 174 valence electrons. The highest BCUT2D eigenvalue weighted by atomic mass is 16.5. The van der Waals surface area contributed by atoms with Crippen LogP contribution in [0.5, 0.6) is 5.75 Å². The first-order valence-corrected chi connectivity index (χ1v) is 12.1. The van der Waals surface area contributed by atoms with E-state index in [1.54, 1.807) is 24.3 Å². The standard InChI is InChI=1S/C28H38O4/c1-4-5-6-7-8-9-10-11-12-13-19-31-27(29)24-15-14-16-25(21-24)28(30)32-26-18-17-22(2)23(3)20-26/h14-18,20-21H,4-13,19H2,1-3H3. The van der Waals surface area contributed by atoms with Gasteiger partial charge in [0.2, 0.25) is 0 Å². The molecule has 0 amide bonds. The molecule has 2 rings (SSSR count). The van der Waals surface area contributed by atoms with Gasteiger partial charge in [-0.1, -0.05) is 76.8 Å². The molecule has 0 unspecified atom stereocenters. The molecule has 32 heavy (non-hydrogen) atoms. The Labute approximate surface area is 193 Å². The quantitative estimate of drug-likeness (QED) is 0.173. The second-order valence-corrected chi connectivity index (χ2v) is 8.53. The van der Waals surface area contributed by atoms with Crippen LogP contribution in [0.25, 0.3) is 0 Å². The van der Waals surface area contributed by atoms with Gasteiger partial charge < -0.3 is 9.47 Å². The number of esters is 2. The monoisotopic (exact) mass is 438 g/mol. The average Bonchev–Trinajstić information content (AvgIpc) is 2.80. The maximum atomic E-state index is 12.5. The van der Waals surface area contributed by atoms with E-state index in [-0.39, 0.29) is 0 Å². The van der Waals surface area contributed by atoms with Crippen LogP contribution in [0.4, 0.5) is 0 Å². The number of benzene rings is 2. The van der Waals surface area contributed by atoms with Crippen LogP contribution in [0.2, 0.25) is 0 Å². The van der Waals surface area contributed by atoms with Crippen LogP contribution in [0.3, 0.4) is 0 Å². The van der Waals surface area contributed by atoms with Crippen LogP contribution < -0.4 is 4.74 Å². The van der Waals surface area contributed by atoms with Gasteiger partial charge in [0.25, 0.3) is 0 Å². The minimum atomic E-state index is -0.488. The summed E-state index contributed by atoms with van der Waals surface area (Å²) in [6.45, 7) is 6.63. The zero-order valence-electron chi connectivity index (χ0n) is 20.0. The Kier molecular flexibility index (Phi) is 11.6. The molecule has 0 saturated heterocycles. The van der Waals surface area contributed by atoms with Crippen LogP contribution in [-0.2, 0) is 4.74 Å². The van der Waals surface area contributed by atoms with E-state index >= 15 is 0 Å². The van der Waals surface area contributed by atoms with Crippen molar-refractivity contribution in [3.8, 4) is 5.75 Å². The van der Waals surface area contributed by atoms with E-state index in [0.29, 0.717) is 23.5 Å². The molecule has 0 N–H and O–H groups in total. The average molecular weight is 439 g/mol. The smallest absolute Gasteiger partial charge is 0.343 e. The largest absolute Gasteiger partial charge is 0.462 e. The summed E-state index contributed by atoms with van der Waals surface area (Å²) in [6, 6.07) is 12.0. The van der Waals surface area contributed by atoms with Gasteiger partial charge in [-0.15, -0.1) is 0 Å². The van der Waals surface area contributed by atoms with E-state index in [9.17, 15) is 9.59 Å². The van der Waals surface area contributed by atoms with Crippen molar-refractivity contribution in [3.05, 3.63) is 64.7 Å². The zero-order valence-corrected chi connectivity index (χ0v) is 20.0. The van der Waals surface area contributed by atoms with Crippen molar-refractivity contribution < 1.29 is 19.1 Å². The number of ether oxygens (including phenoxy) is 2. The van der Waals surface area contributed by atoms with E-state index in [2.05, 4.69) is 6.92 Å². The highest BCUT2D eigenvalue weighted by molar-refractivity contribution is 5.96. The summed E-state index contributed by atoms with van der Waals surface area (Å²) < 4.78 is 10.8. The first-order chi connectivity index (χ1) is 15.5. The van der Waals surface area contributed by atoms with E-state index in [1.807, 2.05) is 26.0 Å². The minimum Gasteiger partial charge on any atom is -0.462 e. The van der Waals surface area contributed by atoms with Gasteiger partial charge in [0.05, 0.1) is 17.7 Å². The lowest BCUT2D eigenvalue weighted by atomic mass is 10.1. The lowest BCUT2D eigenvalue weighted by Gasteiger charge is -2.08. The normalized spacial score (nSPS) is 10.7. The number of hydrogen-bond acceptors (Lipinski definition) is 4. The Hall–Kier alpha value is -2.62. The molecule has 0 fully saturated rings. The van der Waals surface area contributed by atoms with Crippen molar-refractivity contribution in [3.63, 3.8) is 0 Å². The SMILES string of the molecule is CCCCCCCCCCCCOC(=O)c1cccc(C(=O)Oc2ccc(C)c(C)c2)c1. The molecule has 0 radical (unpaired) electrons. The summed E-state index contributed by atoms with van der Waals surface area (Å²) >= 11 is 0. The summed E-state index contributed by atoms with van der Waals surface area (Å²) in [6.07, 6.45) is 12.4. The van der Waals surface area contributed by atoms with Gasteiger partial charge >= 0.3 is 11.9 Å². The van der Waals surface area contributed by atoms with E-state index in [4.69, 9.17) is 9.47 Å². The molecule has 0 atom stereocenters. The Balaban J connectivity index is 1.69. The Bertz CT molecular complexity index is 856. The molecule has 0 spiro atoms. The molecule has 0 aromatic heterocycles. The summed E-state index contributed by atoms with van der Waals surface area (Å²) in [4.78, 5) is 24.8. The van der Waals surface area contributed by atoms with Crippen molar-refractivity contribution in [2.75, 3.05) is 6.61 Å². The molecule has 0 aliphatic rings. The van der Waals surface area contributed by atoms with Crippen molar-refractivity contribution >= 4 is 11.9 Å². The highest BCUT2D eigenvalue weighted by Gasteiger charge is 2.13. The summed E-state index contributed by atoms with van der Waals surface area (Å²) in [5, 5.41) is 0. The van der Waals surface area contributed by atoms with Gasteiger partial charge in [-0.2, -0.15) is 0 Å².